The topological polar surface area (TPSA) is 21.3 Å². The van der Waals surface area contributed by atoms with Gasteiger partial charge >= 0.3 is 0 Å². The van der Waals surface area contributed by atoms with E-state index in [1.54, 1.807) is 0 Å². The van der Waals surface area contributed by atoms with E-state index in [1.807, 2.05) is 0 Å². The molecule has 2 rings (SSSR count). The molecule has 0 amide bonds. The van der Waals surface area contributed by atoms with Gasteiger partial charge in [0.05, 0.1) is 6.61 Å². The molecule has 2 heteroatoms. The first-order valence-electron chi connectivity index (χ1n) is 6.15. The molecule has 0 bridgehead atoms. The van der Waals surface area contributed by atoms with Gasteiger partial charge in [0.25, 0.3) is 0 Å². The highest BCUT2D eigenvalue weighted by Gasteiger charge is 2.27. The minimum atomic E-state index is 0.709. The van der Waals surface area contributed by atoms with Gasteiger partial charge in [-0.1, -0.05) is 19.3 Å². The molecule has 1 aliphatic heterocycles. The van der Waals surface area contributed by atoms with Gasteiger partial charge in [0, 0.05) is 12.6 Å². The van der Waals surface area contributed by atoms with Crippen molar-refractivity contribution in [3.63, 3.8) is 0 Å². The normalized spacial score (nSPS) is 31.1. The minimum Gasteiger partial charge on any atom is -0.381 e. The van der Waals surface area contributed by atoms with Crippen LogP contribution < -0.4 is 5.32 Å². The SMILES string of the molecule is CNC(CC1CCC1)C1CCCOC1. The highest BCUT2D eigenvalue weighted by atomic mass is 16.5. The molecule has 2 fully saturated rings. The second-order valence-electron chi connectivity index (χ2n) is 4.91. The summed E-state index contributed by atoms with van der Waals surface area (Å²) in [5, 5.41) is 3.49. The summed E-state index contributed by atoms with van der Waals surface area (Å²) < 4.78 is 5.56. The first-order chi connectivity index (χ1) is 6.90. The Bertz CT molecular complexity index is 162. The van der Waals surface area contributed by atoms with Crippen molar-refractivity contribution in [2.75, 3.05) is 20.3 Å². The second kappa shape index (κ2) is 5.13. The average Bonchev–Trinajstić information content (AvgIpc) is 2.18. The predicted octanol–water partition coefficient (Wildman–Crippen LogP) is 2.19. The van der Waals surface area contributed by atoms with Gasteiger partial charge < -0.3 is 10.1 Å². The van der Waals surface area contributed by atoms with Crippen molar-refractivity contribution in [2.45, 2.75) is 44.6 Å². The van der Waals surface area contributed by atoms with Gasteiger partial charge in [-0.2, -0.15) is 0 Å². The molecule has 2 atom stereocenters. The van der Waals surface area contributed by atoms with Crippen LogP contribution >= 0.6 is 0 Å². The van der Waals surface area contributed by atoms with Gasteiger partial charge in [-0.25, -0.2) is 0 Å². The van der Waals surface area contributed by atoms with Crippen molar-refractivity contribution >= 4 is 0 Å². The van der Waals surface area contributed by atoms with Crippen LogP contribution in [0.15, 0.2) is 0 Å². The maximum Gasteiger partial charge on any atom is 0.0509 e. The lowest BCUT2D eigenvalue weighted by Crippen LogP contribution is -2.40. The quantitative estimate of drug-likeness (QED) is 0.746. The molecule has 0 aromatic carbocycles. The standard InChI is InChI=1S/C12H23NO/c1-13-12(8-10-4-2-5-10)11-6-3-7-14-9-11/h10-13H,2-9H2,1H3. The van der Waals surface area contributed by atoms with Crippen LogP contribution in [-0.2, 0) is 4.74 Å². The van der Waals surface area contributed by atoms with Crippen molar-refractivity contribution < 1.29 is 4.74 Å². The van der Waals surface area contributed by atoms with Crippen molar-refractivity contribution in [3.05, 3.63) is 0 Å². The fraction of sp³-hybridized carbons (Fsp3) is 1.00. The second-order valence-corrected chi connectivity index (χ2v) is 4.91. The molecule has 14 heavy (non-hydrogen) atoms. The lowest BCUT2D eigenvalue weighted by Gasteiger charge is -2.35. The summed E-state index contributed by atoms with van der Waals surface area (Å²) in [5.41, 5.74) is 0. The molecule has 1 aliphatic carbocycles. The van der Waals surface area contributed by atoms with Crippen LogP contribution in [0, 0.1) is 11.8 Å². The molecule has 0 aromatic heterocycles. The molecule has 1 heterocycles. The zero-order chi connectivity index (χ0) is 9.80. The number of nitrogens with one attached hydrogen (secondary N) is 1. The summed E-state index contributed by atoms with van der Waals surface area (Å²) >= 11 is 0. The molecule has 0 spiro atoms. The van der Waals surface area contributed by atoms with Crippen LogP contribution in [0.2, 0.25) is 0 Å². The van der Waals surface area contributed by atoms with Crippen molar-refractivity contribution in [3.8, 4) is 0 Å². The average molecular weight is 197 g/mol. The lowest BCUT2D eigenvalue weighted by molar-refractivity contribution is 0.0339. The Morgan fingerprint density at radius 2 is 2.14 bits per heavy atom. The molecular weight excluding hydrogens is 174 g/mol. The summed E-state index contributed by atoms with van der Waals surface area (Å²) in [6.45, 7) is 1.97. The van der Waals surface area contributed by atoms with Crippen LogP contribution in [0.3, 0.4) is 0 Å². The molecule has 1 saturated heterocycles. The fourth-order valence-electron chi connectivity index (χ4n) is 2.72. The molecule has 1 N–H and O–H groups in total. The zero-order valence-corrected chi connectivity index (χ0v) is 9.30. The summed E-state index contributed by atoms with van der Waals surface area (Å²) in [4.78, 5) is 0. The smallest absolute Gasteiger partial charge is 0.0509 e. The minimum absolute atomic E-state index is 0.709. The molecule has 2 unspecified atom stereocenters. The third-order valence-electron chi connectivity index (χ3n) is 3.95. The van der Waals surface area contributed by atoms with Crippen molar-refractivity contribution in [1.82, 2.24) is 5.32 Å². The monoisotopic (exact) mass is 197 g/mol. The van der Waals surface area contributed by atoms with Gasteiger partial charge in [-0.3, -0.25) is 0 Å². The van der Waals surface area contributed by atoms with Crippen LogP contribution in [0.5, 0.6) is 0 Å². The molecule has 2 nitrogen and oxygen atoms in total. The first-order valence-corrected chi connectivity index (χ1v) is 6.15. The van der Waals surface area contributed by atoms with Crippen molar-refractivity contribution in [1.29, 1.82) is 0 Å². The summed E-state index contributed by atoms with van der Waals surface area (Å²) in [5.74, 6) is 1.78. The molecule has 0 aromatic rings. The maximum atomic E-state index is 5.56. The van der Waals surface area contributed by atoms with Gasteiger partial charge in [0.2, 0.25) is 0 Å². The van der Waals surface area contributed by atoms with E-state index >= 15 is 0 Å². The number of hydrogen-bond acceptors (Lipinski definition) is 2. The first kappa shape index (κ1) is 10.4. The molecule has 0 radical (unpaired) electrons. The highest BCUT2D eigenvalue weighted by Crippen LogP contribution is 2.33. The van der Waals surface area contributed by atoms with E-state index < -0.39 is 0 Å². The summed E-state index contributed by atoms with van der Waals surface area (Å²) in [7, 11) is 2.11. The highest BCUT2D eigenvalue weighted by molar-refractivity contribution is 4.82. The van der Waals surface area contributed by atoms with E-state index in [1.165, 1.54) is 38.5 Å². The van der Waals surface area contributed by atoms with Crippen LogP contribution in [0.25, 0.3) is 0 Å². The van der Waals surface area contributed by atoms with Gasteiger partial charge in [0.1, 0.15) is 0 Å². The molecule has 82 valence electrons. The Kier molecular flexibility index (Phi) is 3.82. The van der Waals surface area contributed by atoms with E-state index in [2.05, 4.69) is 12.4 Å². The Morgan fingerprint density at radius 3 is 2.64 bits per heavy atom. The van der Waals surface area contributed by atoms with Gasteiger partial charge in [-0.05, 0) is 38.1 Å². The Balaban J connectivity index is 1.77. The largest absolute Gasteiger partial charge is 0.381 e. The lowest BCUT2D eigenvalue weighted by atomic mass is 9.77. The third-order valence-corrected chi connectivity index (χ3v) is 3.95. The Hall–Kier alpha value is -0.0800. The van der Waals surface area contributed by atoms with Gasteiger partial charge in [0.15, 0.2) is 0 Å². The summed E-state index contributed by atoms with van der Waals surface area (Å²) in [6, 6.07) is 0.709. The van der Waals surface area contributed by atoms with Gasteiger partial charge in [-0.15, -0.1) is 0 Å². The predicted molar refractivity (Wildman–Crippen MR) is 58.3 cm³/mol. The zero-order valence-electron chi connectivity index (χ0n) is 9.30. The fourth-order valence-corrected chi connectivity index (χ4v) is 2.72. The van der Waals surface area contributed by atoms with E-state index in [-0.39, 0.29) is 0 Å². The maximum absolute atomic E-state index is 5.56. The van der Waals surface area contributed by atoms with E-state index in [9.17, 15) is 0 Å². The van der Waals surface area contributed by atoms with Crippen molar-refractivity contribution in [2.24, 2.45) is 11.8 Å². The molecular formula is C12H23NO. The number of ether oxygens (including phenoxy) is 1. The molecule has 2 aliphatic rings. The Labute approximate surface area is 87.4 Å². The number of hydrogen-bond donors (Lipinski definition) is 1. The van der Waals surface area contributed by atoms with E-state index in [0.717, 1.165) is 25.0 Å². The third kappa shape index (κ3) is 2.48. The van der Waals surface area contributed by atoms with Crippen LogP contribution in [0.4, 0.5) is 0 Å². The van der Waals surface area contributed by atoms with E-state index in [4.69, 9.17) is 4.74 Å². The van der Waals surface area contributed by atoms with Crippen LogP contribution in [0.1, 0.15) is 38.5 Å². The summed E-state index contributed by atoms with van der Waals surface area (Å²) in [6.07, 6.45) is 8.38. The molecule has 1 saturated carbocycles. The van der Waals surface area contributed by atoms with E-state index in [0.29, 0.717) is 6.04 Å². The Morgan fingerprint density at radius 1 is 1.29 bits per heavy atom. The number of rotatable bonds is 4. The van der Waals surface area contributed by atoms with Crippen LogP contribution in [-0.4, -0.2) is 26.3 Å².